The number of ether oxygens (including phenoxy) is 2. The van der Waals surface area contributed by atoms with Gasteiger partial charge in [0.2, 0.25) is 0 Å². The molecule has 6 nitrogen and oxygen atoms in total. The molecule has 3 atom stereocenters. The van der Waals surface area contributed by atoms with Crippen molar-refractivity contribution >= 4 is 28.6 Å². The number of halogens is 3. The maximum absolute atomic E-state index is 14.8. The van der Waals surface area contributed by atoms with E-state index in [1.165, 1.54) is 32.0 Å². The number of methoxy groups -OCH3 is 2. The Morgan fingerprint density at radius 2 is 1.97 bits per heavy atom. The highest BCUT2D eigenvalue weighted by Crippen LogP contribution is 2.36. The number of aromatic nitrogens is 1. The number of rotatable bonds is 11. The lowest BCUT2D eigenvalue weighted by Crippen LogP contribution is -2.42. The lowest BCUT2D eigenvalue weighted by atomic mass is 9.79. The fraction of sp³-hybridized carbons (Fsp3) is 0.448. The molecule has 2 heterocycles. The maximum atomic E-state index is 14.8. The van der Waals surface area contributed by atoms with E-state index in [2.05, 4.69) is 9.88 Å². The first-order chi connectivity index (χ1) is 18.8. The zero-order chi connectivity index (χ0) is 27.9. The van der Waals surface area contributed by atoms with Gasteiger partial charge >= 0.3 is 5.97 Å². The molecular formula is C29H33F3N2O4S. The van der Waals surface area contributed by atoms with Gasteiger partial charge in [0.15, 0.2) is 0 Å². The van der Waals surface area contributed by atoms with Crippen LogP contribution in [0.2, 0.25) is 0 Å². The Kier molecular flexibility index (Phi) is 10.1. The second kappa shape index (κ2) is 13.5. The third-order valence-electron chi connectivity index (χ3n) is 7.40. The van der Waals surface area contributed by atoms with E-state index >= 15 is 0 Å². The number of likely N-dealkylation sites (tertiary alicyclic amines) is 1. The number of benzene rings is 2. The van der Waals surface area contributed by atoms with Gasteiger partial charge in [-0.3, -0.25) is 9.78 Å². The Morgan fingerprint density at radius 3 is 2.74 bits per heavy atom. The number of aliphatic hydroxyl groups is 1. The largest absolute Gasteiger partial charge is 0.497 e. The average Bonchev–Trinajstić information content (AvgIpc) is 2.93. The summed E-state index contributed by atoms with van der Waals surface area (Å²) in [5, 5.41) is 11.6. The minimum atomic E-state index is -1.04. The molecule has 39 heavy (non-hydrogen) atoms. The van der Waals surface area contributed by atoms with Gasteiger partial charge in [-0.1, -0.05) is 0 Å². The average molecular weight is 563 g/mol. The minimum Gasteiger partial charge on any atom is -0.497 e. The normalized spacial score (nSPS) is 18.7. The molecule has 210 valence electrons. The van der Waals surface area contributed by atoms with Gasteiger partial charge in [-0.15, -0.1) is 11.8 Å². The predicted octanol–water partition coefficient (Wildman–Crippen LogP) is 5.77. The van der Waals surface area contributed by atoms with Crippen LogP contribution in [0.3, 0.4) is 0 Å². The molecule has 1 aliphatic heterocycles. The van der Waals surface area contributed by atoms with Crippen molar-refractivity contribution < 1.29 is 32.5 Å². The fourth-order valence-corrected chi connectivity index (χ4v) is 6.26. The van der Waals surface area contributed by atoms with Crippen LogP contribution in [0.25, 0.3) is 10.9 Å². The van der Waals surface area contributed by atoms with Crippen LogP contribution in [-0.4, -0.2) is 60.6 Å². The van der Waals surface area contributed by atoms with Crippen LogP contribution in [0.5, 0.6) is 5.75 Å². The van der Waals surface area contributed by atoms with Crippen molar-refractivity contribution in [3.8, 4) is 5.75 Å². The molecule has 10 heteroatoms. The summed E-state index contributed by atoms with van der Waals surface area (Å²) >= 11 is 1.26. The Balaban J connectivity index is 1.39. The van der Waals surface area contributed by atoms with E-state index in [4.69, 9.17) is 9.47 Å². The molecule has 1 fully saturated rings. The number of thioether (sulfide) groups is 1. The van der Waals surface area contributed by atoms with Crippen LogP contribution < -0.4 is 4.74 Å². The molecule has 1 N–H and O–H groups in total. The first-order valence-corrected chi connectivity index (χ1v) is 13.9. The number of piperidine rings is 1. The smallest absolute Gasteiger partial charge is 0.305 e. The minimum absolute atomic E-state index is 0.00608. The first-order valence-electron chi connectivity index (χ1n) is 13.0. The quantitative estimate of drug-likeness (QED) is 0.235. The zero-order valence-electron chi connectivity index (χ0n) is 22.0. The van der Waals surface area contributed by atoms with Crippen LogP contribution in [0.4, 0.5) is 13.2 Å². The number of hydrogen-bond acceptors (Lipinski definition) is 7. The van der Waals surface area contributed by atoms with Gasteiger partial charge in [-0.2, -0.15) is 0 Å². The molecule has 1 unspecified atom stereocenters. The van der Waals surface area contributed by atoms with Crippen LogP contribution in [0, 0.1) is 29.3 Å². The number of nitrogens with zero attached hydrogens (tertiary/aromatic N) is 2. The molecule has 0 aliphatic carbocycles. The first kappa shape index (κ1) is 29.2. The van der Waals surface area contributed by atoms with E-state index in [0.29, 0.717) is 48.3 Å². The van der Waals surface area contributed by atoms with Crippen molar-refractivity contribution in [3.63, 3.8) is 0 Å². The van der Waals surface area contributed by atoms with E-state index in [9.17, 15) is 23.1 Å². The van der Waals surface area contributed by atoms with E-state index in [1.807, 2.05) is 0 Å². The van der Waals surface area contributed by atoms with Crippen molar-refractivity contribution in [1.82, 2.24) is 9.88 Å². The molecule has 1 aromatic heterocycles. The molecule has 0 bridgehead atoms. The van der Waals surface area contributed by atoms with Crippen LogP contribution in [0.1, 0.15) is 37.4 Å². The molecule has 0 amide bonds. The van der Waals surface area contributed by atoms with Gasteiger partial charge in [-0.25, -0.2) is 13.2 Å². The van der Waals surface area contributed by atoms with Crippen LogP contribution in [-0.2, 0) is 9.53 Å². The van der Waals surface area contributed by atoms with E-state index < -0.39 is 23.6 Å². The summed E-state index contributed by atoms with van der Waals surface area (Å²) < 4.78 is 52.4. The molecule has 2 aromatic carbocycles. The highest BCUT2D eigenvalue weighted by Gasteiger charge is 2.32. The molecule has 1 aliphatic rings. The third kappa shape index (κ3) is 7.43. The zero-order valence-corrected chi connectivity index (χ0v) is 22.9. The molecule has 4 rings (SSSR count). The number of aliphatic hydroxyl groups excluding tert-OH is 1. The van der Waals surface area contributed by atoms with Gasteiger partial charge in [0.1, 0.15) is 23.2 Å². The SMILES string of the molecule is COC(=O)C[C@@H]1CN(CCSc2cc(F)ccc2F)CCC1CC[C@@H](O)c1c(F)cnc2ccc(OC)cc12. The second-order valence-electron chi connectivity index (χ2n) is 9.81. The topological polar surface area (TPSA) is 71.9 Å². The molecule has 0 spiro atoms. The molecule has 1 saturated heterocycles. The molecule has 3 aromatic rings. The van der Waals surface area contributed by atoms with Gasteiger partial charge in [-0.05, 0) is 74.0 Å². The number of fused-ring (bicyclic) bond motifs is 1. The summed E-state index contributed by atoms with van der Waals surface area (Å²) in [7, 11) is 2.88. The Bertz CT molecular complexity index is 1290. The van der Waals surface area contributed by atoms with Crippen LogP contribution in [0.15, 0.2) is 47.5 Å². The summed E-state index contributed by atoms with van der Waals surface area (Å²) in [5.41, 5.74) is 0.765. The lowest BCUT2D eigenvalue weighted by molar-refractivity contribution is -0.142. The summed E-state index contributed by atoms with van der Waals surface area (Å²) in [6, 6.07) is 8.56. The molecular weight excluding hydrogens is 529 g/mol. The summed E-state index contributed by atoms with van der Waals surface area (Å²) in [6.07, 6.45) is 2.04. The predicted molar refractivity (Wildman–Crippen MR) is 144 cm³/mol. The standard InChI is InChI=1S/C29H33F3N2O4S/c1-37-21-5-7-25-22(15-21)29(24(32)16-33-25)26(35)8-3-18-9-10-34(17-19(18)13-28(36)38-2)11-12-39-27-14-20(30)4-6-23(27)31/h4-7,14-16,18-19,26,35H,3,8-13,17H2,1-2H3/t18?,19-,26-/m1/s1. The number of hydrogen-bond donors (Lipinski definition) is 1. The maximum Gasteiger partial charge on any atom is 0.305 e. The Morgan fingerprint density at radius 1 is 1.15 bits per heavy atom. The highest BCUT2D eigenvalue weighted by atomic mass is 32.2. The Hall–Kier alpha value is -2.82. The van der Waals surface area contributed by atoms with Crippen molar-refractivity contribution in [3.05, 3.63) is 65.6 Å². The fourth-order valence-electron chi connectivity index (χ4n) is 5.29. The van der Waals surface area contributed by atoms with E-state index in [-0.39, 0.29) is 34.7 Å². The van der Waals surface area contributed by atoms with Crippen molar-refractivity contribution in [2.75, 3.05) is 39.6 Å². The second-order valence-corrected chi connectivity index (χ2v) is 10.9. The third-order valence-corrected chi connectivity index (χ3v) is 8.41. The van der Waals surface area contributed by atoms with Crippen molar-refractivity contribution in [2.24, 2.45) is 11.8 Å². The summed E-state index contributed by atoms with van der Waals surface area (Å²) in [5.74, 6) is -0.544. The van der Waals surface area contributed by atoms with Gasteiger partial charge in [0.05, 0.1) is 32.0 Å². The van der Waals surface area contributed by atoms with Crippen LogP contribution >= 0.6 is 11.8 Å². The van der Waals surface area contributed by atoms with Gasteiger partial charge < -0.3 is 19.5 Å². The molecule has 0 saturated carbocycles. The lowest BCUT2D eigenvalue weighted by Gasteiger charge is -2.38. The van der Waals surface area contributed by atoms with E-state index in [0.717, 1.165) is 31.3 Å². The summed E-state index contributed by atoms with van der Waals surface area (Å²) in [4.78, 5) is 18.8. The van der Waals surface area contributed by atoms with Crippen molar-refractivity contribution in [2.45, 2.75) is 36.7 Å². The number of pyridine rings is 1. The number of esters is 1. The Labute approximate surface area is 230 Å². The molecule has 0 radical (unpaired) electrons. The summed E-state index contributed by atoms with van der Waals surface area (Å²) in [6.45, 7) is 2.07. The van der Waals surface area contributed by atoms with Gasteiger partial charge in [0, 0.05) is 41.1 Å². The monoisotopic (exact) mass is 562 g/mol. The van der Waals surface area contributed by atoms with Crippen molar-refractivity contribution in [1.29, 1.82) is 0 Å². The highest BCUT2D eigenvalue weighted by molar-refractivity contribution is 7.99. The number of carbonyl (C=O) groups excluding carboxylic acids is 1. The van der Waals surface area contributed by atoms with Gasteiger partial charge in [0.25, 0.3) is 0 Å². The number of carbonyl (C=O) groups is 1. The van der Waals surface area contributed by atoms with E-state index in [1.54, 1.807) is 18.2 Å².